The summed E-state index contributed by atoms with van der Waals surface area (Å²) in [6.07, 6.45) is -0.176. The molecule has 33 heavy (non-hydrogen) atoms. The summed E-state index contributed by atoms with van der Waals surface area (Å²) in [5.74, 6) is 1.73. The summed E-state index contributed by atoms with van der Waals surface area (Å²) in [5, 5.41) is 21.2. The third-order valence-electron chi connectivity index (χ3n) is 4.25. The van der Waals surface area contributed by atoms with E-state index in [9.17, 15) is 27.0 Å². The number of phenols is 2. The average molecular weight is 502 g/mol. The first-order valence-electron chi connectivity index (χ1n) is 9.13. The Balaban J connectivity index is 2.27. The van der Waals surface area contributed by atoms with E-state index in [1.165, 1.54) is 52.7 Å². The molecule has 0 spiro atoms. The van der Waals surface area contributed by atoms with E-state index in [4.69, 9.17) is 18.9 Å². The van der Waals surface area contributed by atoms with E-state index in [1.807, 2.05) is 5.25 Å². The summed E-state index contributed by atoms with van der Waals surface area (Å²) in [6, 6.07) is 4.95. The van der Waals surface area contributed by atoms with Crippen molar-refractivity contribution in [3.63, 3.8) is 0 Å². The average Bonchev–Trinajstić information content (AvgIpc) is 2.75. The number of sulfonamides is 2. The van der Waals surface area contributed by atoms with Gasteiger partial charge in [-0.2, -0.15) is 8.42 Å². The predicted octanol–water partition coefficient (Wildman–Crippen LogP) is 0.933. The highest BCUT2D eigenvalue weighted by molar-refractivity contribution is 8.07. The van der Waals surface area contributed by atoms with Crippen LogP contribution in [0.1, 0.15) is 11.1 Å². The molecule has 0 radical (unpaired) electrons. The maximum Gasteiger partial charge on any atom is 0.293 e. The molecule has 13 heteroatoms. The van der Waals surface area contributed by atoms with Gasteiger partial charge in [0.05, 0.1) is 39.4 Å². The maximum absolute atomic E-state index is 12.4. The van der Waals surface area contributed by atoms with Crippen molar-refractivity contribution in [2.24, 2.45) is 0 Å². The third kappa shape index (κ3) is 6.82. The van der Waals surface area contributed by atoms with Gasteiger partial charge in [-0.15, -0.1) is 0 Å². The Labute approximate surface area is 192 Å². The van der Waals surface area contributed by atoms with Crippen LogP contribution in [0.3, 0.4) is 0 Å². The van der Waals surface area contributed by atoms with E-state index in [2.05, 4.69) is 5.92 Å². The topological polar surface area (TPSA) is 158 Å². The van der Waals surface area contributed by atoms with Crippen molar-refractivity contribution in [1.29, 1.82) is 0 Å². The smallest absolute Gasteiger partial charge is 0.293 e. The Bertz CT molecular complexity index is 1240. The number of aromatic hydroxyl groups is 2. The molecule has 0 unspecified atom stereocenters. The molecule has 2 aromatic carbocycles. The second kappa shape index (κ2) is 10.5. The lowest BCUT2D eigenvalue weighted by molar-refractivity contribution is 0.377. The second-order valence-electron chi connectivity index (χ2n) is 6.44. The molecule has 0 aliphatic rings. The van der Waals surface area contributed by atoms with Crippen LogP contribution in [0.2, 0.25) is 0 Å². The quantitative estimate of drug-likeness (QED) is 0.422. The highest BCUT2D eigenvalue weighted by atomic mass is 32.3. The number of rotatable bonds is 9. The molecular formula is C20H23NO10S2. The molecule has 0 fully saturated rings. The van der Waals surface area contributed by atoms with Crippen LogP contribution in [0.15, 0.2) is 24.3 Å². The molecule has 0 heterocycles. The Morgan fingerprint density at radius 1 is 0.788 bits per heavy atom. The summed E-state index contributed by atoms with van der Waals surface area (Å²) in [5.41, 5.74) is 0.323. The summed E-state index contributed by atoms with van der Waals surface area (Å²) >= 11 is 0. The third-order valence-corrected chi connectivity index (χ3v) is 7.26. The molecule has 0 aliphatic carbocycles. The van der Waals surface area contributed by atoms with Crippen LogP contribution in [-0.2, 0) is 26.5 Å². The van der Waals surface area contributed by atoms with Crippen molar-refractivity contribution in [2.45, 2.75) is 6.42 Å². The van der Waals surface area contributed by atoms with E-state index in [0.29, 0.717) is 5.56 Å². The molecular weight excluding hydrogens is 478 g/mol. The Morgan fingerprint density at radius 2 is 1.21 bits per heavy atom. The Kier molecular flexibility index (Phi) is 8.26. The molecule has 0 atom stereocenters. The number of benzene rings is 2. The fourth-order valence-corrected chi connectivity index (χ4v) is 5.37. The standard InChI is InChI=1S/C20H23NO10S2/c1-28-17-9-13(22)10-18(29-2)15(17)5-7-32(24,25)21-33(26,27)8-6-16-19(30-3)11-14(23)12-20(16)31-4/h9-12,21-23H,5,7H2,1-4H3. The first kappa shape index (κ1) is 25.9. The Hall–Kier alpha value is -3.34. The van der Waals surface area contributed by atoms with Gasteiger partial charge in [0, 0.05) is 29.8 Å². The van der Waals surface area contributed by atoms with Gasteiger partial charge in [-0.1, -0.05) is 4.13 Å². The highest BCUT2D eigenvalue weighted by Crippen LogP contribution is 2.34. The van der Waals surface area contributed by atoms with Gasteiger partial charge < -0.3 is 29.2 Å². The summed E-state index contributed by atoms with van der Waals surface area (Å²) in [6.45, 7) is 0. The molecule has 2 aromatic rings. The van der Waals surface area contributed by atoms with Crippen LogP contribution in [-0.4, -0.2) is 61.2 Å². The first-order valence-corrected chi connectivity index (χ1v) is 12.3. The molecule has 0 bridgehead atoms. The van der Waals surface area contributed by atoms with E-state index in [0.717, 1.165) is 0 Å². The van der Waals surface area contributed by atoms with Crippen molar-refractivity contribution >= 4 is 20.0 Å². The predicted molar refractivity (Wildman–Crippen MR) is 119 cm³/mol. The zero-order valence-electron chi connectivity index (χ0n) is 18.2. The molecule has 0 saturated carbocycles. The van der Waals surface area contributed by atoms with Crippen molar-refractivity contribution in [2.75, 3.05) is 34.2 Å². The van der Waals surface area contributed by atoms with E-state index >= 15 is 0 Å². The highest BCUT2D eigenvalue weighted by Gasteiger charge is 2.22. The largest absolute Gasteiger partial charge is 0.508 e. The maximum atomic E-state index is 12.4. The minimum Gasteiger partial charge on any atom is -0.508 e. The van der Waals surface area contributed by atoms with Gasteiger partial charge in [0.15, 0.2) is 0 Å². The van der Waals surface area contributed by atoms with Gasteiger partial charge in [0.1, 0.15) is 40.1 Å². The van der Waals surface area contributed by atoms with Crippen LogP contribution >= 0.6 is 0 Å². The zero-order chi connectivity index (χ0) is 24.8. The van der Waals surface area contributed by atoms with E-state index in [-0.39, 0.29) is 46.5 Å². The van der Waals surface area contributed by atoms with Crippen molar-refractivity contribution in [3.05, 3.63) is 35.4 Å². The lowest BCUT2D eigenvalue weighted by atomic mass is 10.1. The molecule has 3 N–H and O–H groups in total. The van der Waals surface area contributed by atoms with Crippen molar-refractivity contribution in [3.8, 4) is 45.7 Å². The first-order chi connectivity index (χ1) is 15.4. The van der Waals surface area contributed by atoms with Crippen molar-refractivity contribution in [1.82, 2.24) is 4.13 Å². The van der Waals surface area contributed by atoms with Gasteiger partial charge in [-0.05, 0) is 12.3 Å². The molecule has 2 rings (SSSR count). The molecule has 180 valence electrons. The number of hydrogen-bond acceptors (Lipinski definition) is 10. The van der Waals surface area contributed by atoms with Gasteiger partial charge >= 0.3 is 0 Å². The minimum atomic E-state index is -4.62. The summed E-state index contributed by atoms with van der Waals surface area (Å²) < 4.78 is 71.4. The molecule has 0 saturated heterocycles. The van der Waals surface area contributed by atoms with E-state index in [1.54, 1.807) is 4.13 Å². The van der Waals surface area contributed by atoms with Gasteiger partial charge in [-0.25, -0.2) is 8.42 Å². The van der Waals surface area contributed by atoms with Crippen LogP contribution in [0.4, 0.5) is 0 Å². The number of phenolic OH excluding ortho intramolecular Hbond substituents is 2. The van der Waals surface area contributed by atoms with Crippen LogP contribution < -0.4 is 23.1 Å². The fraction of sp³-hybridized carbons (Fsp3) is 0.300. The second-order valence-corrected chi connectivity index (χ2v) is 9.95. The molecule has 0 aliphatic heterocycles. The minimum absolute atomic E-state index is 0.000797. The molecule has 0 amide bonds. The normalized spacial score (nSPS) is 11.3. The van der Waals surface area contributed by atoms with E-state index < -0.39 is 25.8 Å². The van der Waals surface area contributed by atoms with Gasteiger partial charge in [-0.3, -0.25) is 0 Å². The molecule has 11 nitrogen and oxygen atoms in total. The number of methoxy groups -OCH3 is 4. The number of nitrogens with one attached hydrogen (secondary N) is 1. The monoisotopic (exact) mass is 501 g/mol. The van der Waals surface area contributed by atoms with Gasteiger partial charge in [0.25, 0.3) is 10.0 Å². The lowest BCUT2D eigenvalue weighted by Crippen LogP contribution is -2.32. The summed E-state index contributed by atoms with van der Waals surface area (Å²) in [7, 11) is -3.75. The van der Waals surface area contributed by atoms with Crippen molar-refractivity contribution < 1.29 is 46.0 Å². The zero-order valence-corrected chi connectivity index (χ0v) is 19.8. The Morgan fingerprint density at radius 3 is 1.64 bits per heavy atom. The van der Waals surface area contributed by atoms with Gasteiger partial charge in [0.2, 0.25) is 10.0 Å². The summed E-state index contributed by atoms with van der Waals surface area (Å²) in [4.78, 5) is 0. The number of hydrogen-bond donors (Lipinski definition) is 3. The lowest BCUT2D eigenvalue weighted by Gasteiger charge is -2.14. The molecule has 0 aromatic heterocycles. The van der Waals surface area contributed by atoms with Crippen LogP contribution in [0.25, 0.3) is 0 Å². The number of ether oxygens (including phenoxy) is 4. The fourth-order valence-electron chi connectivity index (χ4n) is 2.82. The van der Waals surface area contributed by atoms with Crippen LogP contribution in [0, 0.1) is 11.2 Å². The SMILES string of the molecule is COc1cc(O)cc(OC)c1C#CS(=O)(=O)NS(=O)(=O)CCc1c(OC)cc(O)cc1OC. The van der Waals surface area contributed by atoms with Crippen LogP contribution in [0.5, 0.6) is 34.5 Å².